The van der Waals surface area contributed by atoms with Gasteiger partial charge in [0.1, 0.15) is 5.69 Å². The lowest BCUT2D eigenvalue weighted by Gasteiger charge is -2.09. The molecule has 0 aliphatic heterocycles. The Morgan fingerprint density at radius 2 is 1.93 bits per heavy atom. The zero-order chi connectivity index (χ0) is 20.3. The van der Waals surface area contributed by atoms with Gasteiger partial charge in [0, 0.05) is 41.9 Å². The number of hydrogen-bond donors (Lipinski definition) is 2. The third-order valence-electron chi connectivity index (χ3n) is 4.84. The van der Waals surface area contributed by atoms with E-state index < -0.39 is 12.1 Å². The second-order valence-corrected chi connectivity index (χ2v) is 6.77. The van der Waals surface area contributed by atoms with Gasteiger partial charge in [-0.2, -0.15) is 0 Å². The molecule has 0 radical (unpaired) electrons. The van der Waals surface area contributed by atoms with E-state index >= 15 is 0 Å². The van der Waals surface area contributed by atoms with Crippen LogP contribution < -0.4 is 0 Å². The summed E-state index contributed by atoms with van der Waals surface area (Å²) in [5, 5.41) is 9.83. The quantitative estimate of drug-likeness (QED) is 0.546. The van der Waals surface area contributed by atoms with Gasteiger partial charge < -0.3 is 24.1 Å². The molecule has 0 aromatic carbocycles. The van der Waals surface area contributed by atoms with Crippen molar-refractivity contribution in [2.24, 2.45) is 0 Å². The Kier molecular flexibility index (Phi) is 6.62. The normalized spacial score (nSPS) is 12.3. The molecule has 2 aromatic rings. The number of nitrogens with one attached hydrogen (secondary N) is 1. The minimum Gasteiger partial charge on any atom is -0.453 e. The molecule has 148 valence electrons. The van der Waals surface area contributed by atoms with Gasteiger partial charge in [0.15, 0.2) is 6.61 Å². The van der Waals surface area contributed by atoms with E-state index in [0.717, 1.165) is 11.4 Å². The number of Topliss-reactive ketones (excluding diaryl/α,β-unsaturated/α-hetero) is 1. The van der Waals surface area contributed by atoms with Crippen LogP contribution >= 0.6 is 0 Å². The average Bonchev–Trinajstić information content (AvgIpc) is 3.06. The van der Waals surface area contributed by atoms with Crippen LogP contribution in [0.2, 0.25) is 0 Å². The van der Waals surface area contributed by atoms with E-state index in [1.807, 2.05) is 18.4 Å². The Bertz CT molecular complexity index is 845. The van der Waals surface area contributed by atoms with E-state index in [4.69, 9.17) is 9.47 Å². The first-order chi connectivity index (χ1) is 12.7. The molecule has 2 heterocycles. The van der Waals surface area contributed by atoms with E-state index in [9.17, 15) is 14.7 Å². The van der Waals surface area contributed by atoms with Crippen molar-refractivity contribution in [1.29, 1.82) is 0 Å². The fourth-order valence-electron chi connectivity index (χ4n) is 3.49. The first-order valence-corrected chi connectivity index (χ1v) is 8.92. The molecule has 0 aliphatic rings. The highest BCUT2D eigenvalue weighted by Crippen LogP contribution is 2.25. The number of aryl methyl sites for hydroxylation is 2. The number of H-pyrrole nitrogens is 1. The number of ketones is 1. The number of hydrogen-bond acceptors (Lipinski definition) is 5. The average molecular weight is 376 g/mol. The van der Waals surface area contributed by atoms with Crippen molar-refractivity contribution in [2.75, 3.05) is 20.3 Å². The summed E-state index contributed by atoms with van der Waals surface area (Å²) in [5.41, 5.74) is 4.61. The topological polar surface area (TPSA) is 93.5 Å². The minimum absolute atomic E-state index is 0.253. The van der Waals surface area contributed by atoms with Crippen LogP contribution in [-0.4, -0.2) is 46.7 Å². The molecule has 2 aromatic heterocycles. The number of aliphatic hydroxyl groups excluding tert-OH is 1. The van der Waals surface area contributed by atoms with Crippen LogP contribution in [0, 0.1) is 27.7 Å². The van der Waals surface area contributed by atoms with Crippen LogP contribution in [0.5, 0.6) is 0 Å². The standard InChI is InChI=1S/C20H28N2O5/c1-11-9-16(14(4)22(11)7-8-26-6)17(24)10-27-20(25)19-12(2)18(15(5)23)13(3)21-19/h9,15,21,23H,7-8,10H2,1-6H3/t15-/m1/s1. The number of nitrogens with zero attached hydrogens (tertiary/aromatic N) is 1. The van der Waals surface area contributed by atoms with Gasteiger partial charge in [-0.15, -0.1) is 0 Å². The van der Waals surface area contributed by atoms with E-state index in [1.165, 1.54) is 0 Å². The van der Waals surface area contributed by atoms with Crippen molar-refractivity contribution in [3.63, 3.8) is 0 Å². The van der Waals surface area contributed by atoms with E-state index in [0.29, 0.717) is 35.5 Å². The number of aromatic amines is 1. The molecule has 0 saturated carbocycles. The Morgan fingerprint density at radius 1 is 1.26 bits per heavy atom. The van der Waals surface area contributed by atoms with Crippen molar-refractivity contribution in [1.82, 2.24) is 9.55 Å². The molecule has 1 atom stereocenters. The molecule has 2 rings (SSSR count). The predicted molar refractivity (Wildman–Crippen MR) is 101 cm³/mol. The highest BCUT2D eigenvalue weighted by molar-refractivity contribution is 6.00. The van der Waals surface area contributed by atoms with Crippen molar-refractivity contribution >= 4 is 11.8 Å². The summed E-state index contributed by atoms with van der Waals surface area (Å²) >= 11 is 0. The van der Waals surface area contributed by atoms with Gasteiger partial charge in [0.25, 0.3) is 0 Å². The zero-order valence-electron chi connectivity index (χ0n) is 16.8. The molecule has 7 heteroatoms. The maximum Gasteiger partial charge on any atom is 0.355 e. The fourth-order valence-corrected chi connectivity index (χ4v) is 3.49. The van der Waals surface area contributed by atoms with E-state index in [-0.39, 0.29) is 18.1 Å². The summed E-state index contributed by atoms with van der Waals surface area (Å²) in [4.78, 5) is 27.9. The second kappa shape index (κ2) is 8.54. The molecule has 0 saturated heterocycles. The minimum atomic E-state index is -0.693. The molecule has 0 unspecified atom stereocenters. The summed E-state index contributed by atoms with van der Waals surface area (Å²) in [6, 6.07) is 1.80. The first-order valence-electron chi connectivity index (χ1n) is 8.92. The van der Waals surface area contributed by atoms with Gasteiger partial charge in [0.2, 0.25) is 5.78 Å². The van der Waals surface area contributed by atoms with Gasteiger partial charge in [-0.3, -0.25) is 4.79 Å². The van der Waals surface area contributed by atoms with Crippen LogP contribution in [0.3, 0.4) is 0 Å². The van der Waals surface area contributed by atoms with Crippen LogP contribution in [0.1, 0.15) is 62.1 Å². The maximum atomic E-state index is 12.5. The van der Waals surface area contributed by atoms with Crippen molar-refractivity contribution in [3.05, 3.63) is 45.5 Å². The molecule has 27 heavy (non-hydrogen) atoms. The molecule has 0 amide bonds. The van der Waals surface area contributed by atoms with E-state index in [2.05, 4.69) is 4.98 Å². The largest absolute Gasteiger partial charge is 0.453 e. The molecular formula is C20H28N2O5. The number of carbonyl (C=O) groups excluding carboxylic acids is 2. The summed E-state index contributed by atoms with van der Waals surface area (Å²) in [5.74, 6) is -0.860. The Hall–Kier alpha value is -2.38. The number of esters is 1. The number of carbonyl (C=O) groups is 2. The Morgan fingerprint density at radius 3 is 2.48 bits per heavy atom. The Labute approximate surface area is 159 Å². The zero-order valence-corrected chi connectivity index (χ0v) is 16.8. The lowest BCUT2D eigenvalue weighted by Crippen LogP contribution is -2.16. The van der Waals surface area contributed by atoms with Gasteiger partial charge in [-0.05, 0) is 46.2 Å². The molecule has 0 fully saturated rings. The summed E-state index contributed by atoms with van der Waals surface area (Å²) in [6.45, 7) is 9.83. The summed E-state index contributed by atoms with van der Waals surface area (Å²) in [7, 11) is 1.63. The monoisotopic (exact) mass is 376 g/mol. The molecule has 0 bridgehead atoms. The van der Waals surface area contributed by atoms with Crippen LogP contribution in [0.25, 0.3) is 0 Å². The van der Waals surface area contributed by atoms with Crippen molar-refractivity contribution in [3.8, 4) is 0 Å². The number of rotatable bonds is 8. The third-order valence-corrected chi connectivity index (χ3v) is 4.84. The maximum absolute atomic E-state index is 12.5. The molecule has 2 N–H and O–H groups in total. The molecule has 0 spiro atoms. The van der Waals surface area contributed by atoms with Crippen LogP contribution in [0.4, 0.5) is 0 Å². The number of aliphatic hydroxyl groups is 1. The fraction of sp³-hybridized carbons (Fsp3) is 0.500. The van der Waals surface area contributed by atoms with E-state index in [1.54, 1.807) is 33.9 Å². The highest BCUT2D eigenvalue weighted by atomic mass is 16.5. The number of methoxy groups -OCH3 is 1. The summed E-state index contributed by atoms with van der Waals surface area (Å²) < 4.78 is 12.3. The Balaban J connectivity index is 2.10. The summed E-state index contributed by atoms with van der Waals surface area (Å²) in [6.07, 6.45) is -0.693. The number of aromatic nitrogens is 2. The van der Waals surface area contributed by atoms with Crippen LogP contribution in [-0.2, 0) is 16.0 Å². The molecular weight excluding hydrogens is 348 g/mol. The van der Waals surface area contributed by atoms with Crippen LogP contribution in [0.15, 0.2) is 6.07 Å². The van der Waals surface area contributed by atoms with Crippen molar-refractivity contribution < 1.29 is 24.2 Å². The van der Waals surface area contributed by atoms with Crippen molar-refractivity contribution in [2.45, 2.75) is 47.3 Å². The predicted octanol–water partition coefficient (Wildman–Crippen LogP) is 2.79. The lowest BCUT2D eigenvalue weighted by molar-refractivity contribution is 0.0468. The van der Waals surface area contributed by atoms with Gasteiger partial charge in [-0.1, -0.05) is 0 Å². The lowest BCUT2D eigenvalue weighted by atomic mass is 10.1. The second-order valence-electron chi connectivity index (χ2n) is 6.77. The van der Waals surface area contributed by atoms with Gasteiger partial charge in [0.05, 0.1) is 12.7 Å². The SMILES string of the molecule is COCCn1c(C)cc(C(=O)COC(=O)c2[nH]c(C)c([C@@H](C)O)c2C)c1C. The first kappa shape index (κ1) is 20.9. The highest BCUT2D eigenvalue weighted by Gasteiger charge is 2.23. The number of ether oxygens (including phenoxy) is 2. The van der Waals surface area contributed by atoms with Gasteiger partial charge in [-0.25, -0.2) is 4.79 Å². The smallest absolute Gasteiger partial charge is 0.355 e. The molecule has 7 nitrogen and oxygen atoms in total. The van der Waals surface area contributed by atoms with Gasteiger partial charge >= 0.3 is 5.97 Å². The molecule has 0 aliphatic carbocycles. The third kappa shape index (κ3) is 4.31.